The van der Waals surface area contributed by atoms with E-state index in [9.17, 15) is 18.4 Å². The van der Waals surface area contributed by atoms with E-state index in [0.29, 0.717) is 40.0 Å². The number of hydrogen-bond donors (Lipinski definition) is 3. The molecule has 1 saturated carbocycles. The number of ether oxygens (including phenoxy) is 1. The predicted molar refractivity (Wildman–Crippen MR) is 140 cm³/mol. The molecular weight excluding hydrogens is 494 g/mol. The number of nitrogens with zero attached hydrogens (tertiary/aromatic N) is 1. The minimum Gasteiger partial charge on any atom is -0.496 e. The molecule has 3 aromatic carbocycles. The number of aromatic nitrogens is 1. The molecule has 1 aromatic heterocycles. The van der Waals surface area contributed by atoms with Crippen LogP contribution < -0.4 is 21.1 Å². The number of anilines is 2. The fourth-order valence-electron chi connectivity index (χ4n) is 4.42. The quantitative estimate of drug-likeness (QED) is 0.285. The number of rotatable bonds is 7. The molecule has 1 heterocycles. The van der Waals surface area contributed by atoms with E-state index in [0.717, 1.165) is 16.7 Å². The molecule has 4 aromatic rings. The van der Waals surface area contributed by atoms with Crippen molar-refractivity contribution >= 4 is 34.3 Å². The lowest BCUT2D eigenvalue weighted by Gasteiger charge is -2.17. The lowest BCUT2D eigenvalue weighted by Crippen LogP contribution is -2.27. The molecule has 194 valence electrons. The SMILES string of the molecule is C=C(F)C(=O)Nc1ccc(-c2ccc3onc(N)c3c2-c2ccc(C(=O)N[C@@H]3C[C@H]3F)c(OC)c2)c(C)c1. The number of nitrogens with one attached hydrogen (secondary N) is 2. The number of nitrogen functional groups attached to an aromatic ring is 1. The predicted octanol–water partition coefficient (Wildman–Crippen LogP) is 5.32. The molecule has 0 unspecified atom stereocenters. The topological polar surface area (TPSA) is 119 Å². The van der Waals surface area contributed by atoms with Crippen LogP contribution in [0.3, 0.4) is 0 Å². The Bertz CT molecular complexity index is 1610. The summed E-state index contributed by atoms with van der Waals surface area (Å²) in [4.78, 5) is 24.4. The maximum atomic E-state index is 13.3. The van der Waals surface area contributed by atoms with Crippen LogP contribution in [0.5, 0.6) is 5.75 Å². The molecule has 0 bridgehead atoms. The van der Waals surface area contributed by atoms with Crippen molar-refractivity contribution in [2.75, 3.05) is 18.2 Å². The molecule has 1 fully saturated rings. The van der Waals surface area contributed by atoms with Crippen molar-refractivity contribution < 1.29 is 27.6 Å². The number of methoxy groups -OCH3 is 1. The van der Waals surface area contributed by atoms with E-state index in [1.165, 1.54) is 7.11 Å². The average Bonchev–Trinajstić information content (AvgIpc) is 3.46. The van der Waals surface area contributed by atoms with Gasteiger partial charge < -0.3 is 25.6 Å². The first-order valence-corrected chi connectivity index (χ1v) is 11.8. The number of carbonyl (C=O) groups excluding carboxylic acids is 2. The third-order valence-electron chi connectivity index (χ3n) is 6.45. The molecule has 38 heavy (non-hydrogen) atoms. The van der Waals surface area contributed by atoms with Crippen molar-refractivity contribution in [1.29, 1.82) is 0 Å². The molecule has 0 saturated heterocycles. The lowest BCUT2D eigenvalue weighted by molar-refractivity contribution is -0.114. The van der Waals surface area contributed by atoms with Crippen LogP contribution in [0.1, 0.15) is 22.3 Å². The maximum Gasteiger partial charge on any atom is 0.283 e. The summed E-state index contributed by atoms with van der Waals surface area (Å²) in [7, 11) is 1.45. The summed E-state index contributed by atoms with van der Waals surface area (Å²) in [6.07, 6.45) is -0.728. The molecule has 1 aliphatic rings. The van der Waals surface area contributed by atoms with Crippen LogP contribution >= 0.6 is 0 Å². The summed E-state index contributed by atoms with van der Waals surface area (Å²) in [5, 5.41) is 9.61. The minimum atomic E-state index is -1.09. The second-order valence-electron chi connectivity index (χ2n) is 9.06. The fourth-order valence-corrected chi connectivity index (χ4v) is 4.42. The first-order valence-electron chi connectivity index (χ1n) is 11.8. The van der Waals surface area contributed by atoms with E-state index in [2.05, 4.69) is 22.4 Å². The van der Waals surface area contributed by atoms with Crippen molar-refractivity contribution in [3.8, 4) is 28.0 Å². The highest BCUT2D eigenvalue weighted by Gasteiger charge is 2.39. The fraction of sp³-hybridized carbons (Fsp3) is 0.179. The zero-order chi connectivity index (χ0) is 27.1. The third kappa shape index (κ3) is 4.56. The molecule has 2 amide bonds. The van der Waals surface area contributed by atoms with Gasteiger partial charge in [-0.05, 0) is 65.6 Å². The van der Waals surface area contributed by atoms with Crippen molar-refractivity contribution in [3.05, 3.63) is 72.1 Å². The summed E-state index contributed by atoms with van der Waals surface area (Å²) >= 11 is 0. The number of alkyl halides is 1. The van der Waals surface area contributed by atoms with Crippen LogP contribution in [0.4, 0.5) is 20.3 Å². The van der Waals surface area contributed by atoms with Crippen LogP contribution in [0, 0.1) is 6.92 Å². The second kappa shape index (κ2) is 9.62. The van der Waals surface area contributed by atoms with Gasteiger partial charge in [0, 0.05) is 17.7 Å². The van der Waals surface area contributed by atoms with Crippen LogP contribution in [0.15, 0.2) is 65.5 Å². The van der Waals surface area contributed by atoms with Crippen molar-refractivity contribution in [1.82, 2.24) is 10.5 Å². The van der Waals surface area contributed by atoms with Crippen LogP contribution in [0.25, 0.3) is 33.2 Å². The number of aryl methyl sites for hydroxylation is 1. The summed E-state index contributed by atoms with van der Waals surface area (Å²) < 4.78 is 37.4. The Hall–Kier alpha value is -4.73. The standard InChI is InChI=1S/C28H24F2N4O4/c1-13-10-16(32-27(35)14(2)29)5-7-17(13)18-8-9-22-25(26(31)34-38-22)24(18)15-4-6-19(23(11-15)37-3)28(36)33-21-12-20(21)30/h4-11,20-21H,2,12H2,1,3H3,(H2,31,34)(H,32,35)(H,33,36)/t20-,21-/m1/s1. The normalized spacial score (nSPS) is 16.2. The number of nitrogens with two attached hydrogens (primary N) is 1. The summed E-state index contributed by atoms with van der Waals surface area (Å²) in [6.45, 7) is 4.86. The highest BCUT2D eigenvalue weighted by molar-refractivity contribution is 6.08. The first kappa shape index (κ1) is 24.9. The summed E-state index contributed by atoms with van der Waals surface area (Å²) in [6, 6.07) is 13.3. The van der Waals surface area contributed by atoms with Crippen molar-refractivity contribution in [3.63, 3.8) is 0 Å². The van der Waals surface area contributed by atoms with Gasteiger partial charge in [0.05, 0.1) is 24.1 Å². The Labute approximate surface area is 216 Å². The Morgan fingerprint density at radius 1 is 1.16 bits per heavy atom. The number of carbonyl (C=O) groups is 2. The smallest absolute Gasteiger partial charge is 0.283 e. The molecule has 0 spiro atoms. The zero-order valence-corrected chi connectivity index (χ0v) is 20.6. The van der Waals surface area contributed by atoms with Gasteiger partial charge in [-0.25, -0.2) is 8.78 Å². The number of benzene rings is 3. The Morgan fingerprint density at radius 2 is 1.89 bits per heavy atom. The van der Waals surface area contributed by atoms with Crippen LogP contribution in [0.2, 0.25) is 0 Å². The Kier molecular flexibility index (Phi) is 6.31. The third-order valence-corrected chi connectivity index (χ3v) is 6.45. The van der Waals surface area contributed by atoms with E-state index < -0.39 is 29.9 Å². The van der Waals surface area contributed by atoms with Crippen molar-refractivity contribution in [2.45, 2.75) is 25.6 Å². The molecule has 2 atom stereocenters. The van der Waals surface area contributed by atoms with Gasteiger partial charge in [0.15, 0.2) is 17.2 Å². The van der Waals surface area contributed by atoms with Crippen LogP contribution in [-0.2, 0) is 4.79 Å². The highest BCUT2D eigenvalue weighted by atomic mass is 19.1. The molecule has 4 N–H and O–H groups in total. The lowest BCUT2D eigenvalue weighted by atomic mass is 9.89. The largest absolute Gasteiger partial charge is 0.496 e. The van der Waals surface area contributed by atoms with E-state index >= 15 is 0 Å². The van der Waals surface area contributed by atoms with Gasteiger partial charge in [-0.1, -0.05) is 23.9 Å². The first-order chi connectivity index (χ1) is 18.2. The number of fused-ring (bicyclic) bond motifs is 1. The number of amides is 2. The van der Waals surface area contributed by atoms with Gasteiger partial charge in [-0.2, -0.15) is 0 Å². The van der Waals surface area contributed by atoms with Gasteiger partial charge in [0.1, 0.15) is 11.9 Å². The second-order valence-corrected chi connectivity index (χ2v) is 9.06. The van der Waals surface area contributed by atoms with Gasteiger partial charge in [-0.15, -0.1) is 0 Å². The van der Waals surface area contributed by atoms with E-state index in [-0.39, 0.29) is 11.4 Å². The summed E-state index contributed by atoms with van der Waals surface area (Å²) in [5.74, 6) is -1.95. The van der Waals surface area contributed by atoms with E-state index in [1.54, 1.807) is 42.5 Å². The molecule has 0 aliphatic heterocycles. The van der Waals surface area contributed by atoms with Gasteiger partial charge in [-0.3, -0.25) is 9.59 Å². The molecule has 8 nitrogen and oxygen atoms in total. The van der Waals surface area contributed by atoms with Gasteiger partial charge >= 0.3 is 0 Å². The van der Waals surface area contributed by atoms with Gasteiger partial charge in [0.2, 0.25) is 0 Å². The molecule has 0 radical (unpaired) electrons. The molecular formula is C28H24F2N4O4. The molecule has 5 rings (SSSR count). The van der Waals surface area contributed by atoms with E-state index in [1.807, 2.05) is 13.0 Å². The number of halogens is 2. The minimum absolute atomic E-state index is 0.184. The maximum absolute atomic E-state index is 13.3. The van der Waals surface area contributed by atoms with Crippen molar-refractivity contribution in [2.24, 2.45) is 0 Å². The molecule has 1 aliphatic carbocycles. The average molecular weight is 519 g/mol. The zero-order valence-electron chi connectivity index (χ0n) is 20.6. The molecule has 10 heteroatoms. The number of hydrogen-bond acceptors (Lipinski definition) is 6. The monoisotopic (exact) mass is 518 g/mol. The highest BCUT2D eigenvalue weighted by Crippen LogP contribution is 2.43. The Balaban J connectivity index is 1.62. The van der Waals surface area contributed by atoms with Crippen LogP contribution in [-0.4, -0.2) is 36.3 Å². The Morgan fingerprint density at radius 3 is 2.55 bits per heavy atom. The van der Waals surface area contributed by atoms with Gasteiger partial charge in [0.25, 0.3) is 11.8 Å². The van der Waals surface area contributed by atoms with E-state index in [4.69, 9.17) is 15.0 Å². The summed E-state index contributed by atoms with van der Waals surface area (Å²) in [5.41, 5.74) is 11.1.